The first kappa shape index (κ1) is 25.0. The molecule has 9 nitrogen and oxygen atoms in total. The minimum absolute atomic E-state index is 0.0818. The number of anilines is 1. The molecule has 182 valence electrons. The van der Waals surface area contributed by atoms with Crippen LogP contribution in [0.25, 0.3) is 10.9 Å². The van der Waals surface area contributed by atoms with E-state index in [0.717, 1.165) is 23.7 Å². The molecule has 1 heterocycles. The Morgan fingerprint density at radius 3 is 2.61 bits per heavy atom. The van der Waals surface area contributed by atoms with E-state index in [-0.39, 0.29) is 22.4 Å². The predicted molar refractivity (Wildman–Crippen MR) is 136 cm³/mol. The third kappa shape index (κ3) is 5.75. The molecule has 11 heteroatoms. The summed E-state index contributed by atoms with van der Waals surface area (Å²) in [5, 5.41) is 16.6. The number of amides is 1. The molecule has 4 rings (SSSR count). The molecule has 0 spiro atoms. The van der Waals surface area contributed by atoms with Gasteiger partial charge < -0.3 is 9.47 Å². The number of carbonyl (C=O) groups excluding carboxylic acids is 2. The smallest absolute Gasteiger partial charge is 0.412 e. The first-order chi connectivity index (χ1) is 17.4. The van der Waals surface area contributed by atoms with Crippen molar-refractivity contribution in [2.24, 2.45) is 5.10 Å². The number of halogens is 2. The third-order valence-corrected chi connectivity index (χ3v) is 5.79. The average molecular weight is 524 g/mol. The highest BCUT2D eigenvalue weighted by Gasteiger charge is 2.25. The maximum absolute atomic E-state index is 11.5. The Bertz CT molecular complexity index is 1430. The molecule has 0 unspecified atom stereocenters. The molecule has 0 atom stereocenters. The summed E-state index contributed by atoms with van der Waals surface area (Å²) in [6.45, 7) is 1.67. The second-order valence-corrected chi connectivity index (χ2v) is 8.55. The molecule has 1 aliphatic carbocycles. The number of hydrogen-bond donors (Lipinski definition) is 2. The maximum Gasteiger partial charge on any atom is 0.412 e. The van der Waals surface area contributed by atoms with Gasteiger partial charge in [-0.25, -0.2) is 9.59 Å². The Hall–Kier alpha value is -4.09. The zero-order valence-corrected chi connectivity index (χ0v) is 20.5. The number of hydrogen-bond acceptors (Lipinski definition) is 8. The van der Waals surface area contributed by atoms with Gasteiger partial charge in [-0.2, -0.15) is 10.4 Å². The zero-order valence-electron chi connectivity index (χ0n) is 19.0. The summed E-state index contributed by atoms with van der Waals surface area (Å²) in [7, 11) is 0. The lowest BCUT2D eigenvalue weighted by atomic mass is 10.1. The van der Waals surface area contributed by atoms with E-state index in [1.807, 2.05) is 24.4 Å². The quantitative estimate of drug-likeness (QED) is 0.211. The summed E-state index contributed by atoms with van der Waals surface area (Å²) in [6, 6.07) is 12.3. The number of ether oxygens (including phenoxy) is 2. The van der Waals surface area contributed by atoms with Crippen LogP contribution in [0.15, 0.2) is 53.4 Å². The van der Waals surface area contributed by atoms with Crippen molar-refractivity contribution in [2.75, 3.05) is 12.0 Å². The SMILES string of the molecule is CCOC(=O)NC(=C=O)/C(C#N)=N/Nc1cc(Cl)c(Oc2ccc3nccc(C4CC4)c3c2)c(Cl)c1. The number of allylic oxidation sites excluding steroid dienone is 1. The summed E-state index contributed by atoms with van der Waals surface area (Å²) in [6.07, 6.45) is 3.22. The summed E-state index contributed by atoms with van der Waals surface area (Å²) in [4.78, 5) is 27.1. The van der Waals surface area contributed by atoms with Gasteiger partial charge in [-0.15, -0.1) is 0 Å². The number of benzene rings is 2. The fourth-order valence-electron chi connectivity index (χ4n) is 3.46. The molecule has 1 amide bonds. The van der Waals surface area contributed by atoms with Gasteiger partial charge >= 0.3 is 6.09 Å². The molecule has 1 aliphatic rings. The van der Waals surface area contributed by atoms with Crippen LogP contribution in [-0.2, 0) is 9.53 Å². The van der Waals surface area contributed by atoms with Crippen LogP contribution in [0.5, 0.6) is 11.5 Å². The minimum atomic E-state index is -0.917. The number of nitriles is 1. The van der Waals surface area contributed by atoms with Crippen molar-refractivity contribution in [3.05, 3.63) is 63.9 Å². The standard InChI is InChI=1S/C25H19Cl2N5O4/c1-2-35-25(34)30-23(13-33)22(12-28)32-31-15-9-19(26)24(20(27)10-15)36-16-5-6-21-18(11-16)17(7-8-29-21)14-3-4-14/h5-11,14,31H,2-4H2,1H3,(H,30,34)/b32-22+. The van der Waals surface area contributed by atoms with Gasteiger partial charge in [0, 0.05) is 11.6 Å². The number of hydrazone groups is 1. The van der Waals surface area contributed by atoms with Gasteiger partial charge in [0.2, 0.25) is 0 Å². The maximum atomic E-state index is 11.5. The highest BCUT2D eigenvalue weighted by molar-refractivity contribution is 6.37. The molecule has 2 aromatic carbocycles. The predicted octanol–water partition coefficient (Wildman–Crippen LogP) is 5.96. The van der Waals surface area contributed by atoms with E-state index >= 15 is 0 Å². The Kier molecular flexibility index (Phi) is 7.71. The summed E-state index contributed by atoms with van der Waals surface area (Å²) >= 11 is 12.8. The van der Waals surface area contributed by atoms with Gasteiger partial charge in [0.15, 0.2) is 23.1 Å². The molecule has 0 saturated heterocycles. The lowest BCUT2D eigenvalue weighted by Gasteiger charge is -2.13. The van der Waals surface area contributed by atoms with Crippen molar-refractivity contribution in [1.82, 2.24) is 10.3 Å². The Balaban J connectivity index is 1.54. The lowest BCUT2D eigenvalue weighted by Crippen LogP contribution is -2.28. The molecule has 0 bridgehead atoms. The largest absolute Gasteiger partial charge is 0.454 e. The summed E-state index contributed by atoms with van der Waals surface area (Å²) < 4.78 is 10.7. The monoisotopic (exact) mass is 523 g/mol. The van der Waals surface area contributed by atoms with Crippen molar-refractivity contribution < 1.29 is 19.1 Å². The Morgan fingerprint density at radius 2 is 1.97 bits per heavy atom. The topological polar surface area (TPSA) is 126 Å². The Labute approximate surface area is 216 Å². The van der Waals surface area contributed by atoms with Crippen LogP contribution < -0.4 is 15.5 Å². The molecule has 1 fully saturated rings. The van der Waals surface area contributed by atoms with E-state index in [0.29, 0.717) is 17.4 Å². The van der Waals surface area contributed by atoms with E-state index in [9.17, 15) is 14.9 Å². The average Bonchev–Trinajstić information content (AvgIpc) is 3.71. The van der Waals surface area contributed by atoms with E-state index in [1.54, 1.807) is 19.1 Å². The number of alkyl carbamates (subject to hydrolysis) is 1. The molecular weight excluding hydrogens is 505 g/mol. The molecular formula is C25H19Cl2N5O4. The van der Waals surface area contributed by atoms with Crippen LogP contribution >= 0.6 is 23.2 Å². The molecule has 0 radical (unpaired) electrons. The number of nitrogens with zero attached hydrogens (tertiary/aromatic N) is 3. The van der Waals surface area contributed by atoms with E-state index in [1.165, 1.54) is 23.6 Å². The number of nitrogens with one attached hydrogen (secondary N) is 2. The zero-order chi connectivity index (χ0) is 25.7. The molecule has 0 aliphatic heterocycles. The summed E-state index contributed by atoms with van der Waals surface area (Å²) in [5.74, 6) is 2.79. The first-order valence-corrected chi connectivity index (χ1v) is 11.7. The van der Waals surface area contributed by atoms with Crippen LogP contribution in [0.2, 0.25) is 10.0 Å². The normalized spacial score (nSPS) is 12.9. The highest BCUT2D eigenvalue weighted by atomic mass is 35.5. The van der Waals surface area contributed by atoms with Gasteiger partial charge in [0.1, 0.15) is 11.8 Å². The van der Waals surface area contributed by atoms with Crippen LogP contribution in [0.1, 0.15) is 31.2 Å². The highest BCUT2D eigenvalue weighted by Crippen LogP contribution is 2.44. The number of rotatable bonds is 8. The fraction of sp³-hybridized carbons (Fsp3) is 0.200. The van der Waals surface area contributed by atoms with Gasteiger partial charge in [-0.05, 0) is 67.6 Å². The van der Waals surface area contributed by atoms with Gasteiger partial charge in [-0.3, -0.25) is 15.7 Å². The van der Waals surface area contributed by atoms with Crippen LogP contribution in [0.3, 0.4) is 0 Å². The number of carbonyl (C=O) groups is 1. The van der Waals surface area contributed by atoms with E-state index in [2.05, 4.69) is 25.6 Å². The van der Waals surface area contributed by atoms with Crippen LogP contribution in [-0.4, -0.2) is 29.3 Å². The van der Waals surface area contributed by atoms with Gasteiger partial charge in [0.05, 0.1) is 27.9 Å². The molecule has 36 heavy (non-hydrogen) atoms. The third-order valence-electron chi connectivity index (χ3n) is 5.23. The van der Waals surface area contributed by atoms with Gasteiger partial charge in [0.25, 0.3) is 0 Å². The van der Waals surface area contributed by atoms with Crippen molar-refractivity contribution in [2.45, 2.75) is 25.7 Å². The Morgan fingerprint density at radius 1 is 1.22 bits per heavy atom. The second-order valence-electron chi connectivity index (χ2n) is 7.73. The van der Waals surface area contributed by atoms with Crippen molar-refractivity contribution >= 4 is 57.5 Å². The number of pyridine rings is 1. The van der Waals surface area contributed by atoms with Crippen molar-refractivity contribution in [3.63, 3.8) is 0 Å². The lowest BCUT2D eigenvalue weighted by molar-refractivity contribution is 0.156. The van der Waals surface area contributed by atoms with Crippen LogP contribution in [0, 0.1) is 11.3 Å². The molecule has 1 aromatic heterocycles. The molecule has 2 N–H and O–H groups in total. The van der Waals surface area contributed by atoms with Gasteiger partial charge in [-0.1, -0.05) is 23.2 Å². The second kappa shape index (κ2) is 11.1. The fourth-order valence-corrected chi connectivity index (χ4v) is 4.02. The van der Waals surface area contributed by atoms with E-state index in [4.69, 9.17) is 27.9 Å². The van der Waals surface area contributed by atoms with Crippen molar-refractivity contribution in [1.29, 1.82) is 5.26 Å². The number of fused-ring (bicyclic) bond motifs is 1. The van der Waals surface area contributed by atoms with E-state index < -0.39 is 17.5 Å². The molecule has 1 saturated carbocycles. The molecule has 3 aromatic rings. The first-order valence-electron chi connectivity index (χ1n) is 10.9. The number of aromatic nitrogens is 1. The van der Waals surface area contributed by atoms with Crippen LogP contribution in [0.4, 0.5) is 10.5 Å². The minimum Gasteiger partial charge on any atom is -0.454 e. The summed E-state index contributed by atoms with van der Waals surface area (Å²) in [5.41, 5.74) is 4.10. The van der Waals surface area contributed by atoms with Crippen molar-refractivity contribution in [3.8, 4) is 17.6 Å².